The average Bonchev–Trinajstić information content (AvgIpc) is 2.48. The number of hydrogen-bond donors (Lipinski definition) is 0. The van der Waals surface area contributed by atoms with Crippen molar-refractivity contribution in [3.63, 3.8) is 0 Å². The van der Waals surface area contributed by atoms with Gasteiger partial charge in [-0.25, -0.2) is 0 Å². The molecule has 1 aromatic carbocycles. The minimum atomic E-state index is -3.68. The lowest BCUT2D eigenvalue weighted by Gasteiger charge is -2.34. The lowest BCUT2D eigenvalue weighted by molar-refractivity contribution is -0.384. The third-order valence-electron chi connectivity index (χ3n) is 3.31. The summed E-state index contributed by atoms with van der Waals surface area (Å²) in [5, 5.41) is 10.6. The number of carbonyl (C=O) groups is 1. The molecular formula is C15H18NO6P. The number of nitro groups is 1. The lowest BCUT2D eigenvalue weighted by atomic mass is 9.97. The minimum Gasteiger partial charge on any atom is -0.304 e. The quantitative estimate of drug-likeness (QED) is 0.358. The maximum Gasteiger partial charge on any atom is 0.364 e. The van der Waals surface area contributed by atoms with Crippen LogP contribution in [-0.4, -0.2) is 23.9 Å². The highest BCUT2D eigenvalue weighted by atomic mass is 31.2. The summed E-state index contributed by atoms with van der Waals surface area (Å²) >= 11 is 0. The Hall–Kier alpha value is -1.82. The third-order valence-corrected chi connectivity index (χ3v) is 5.29. The summed E-state index contributed by atoms with van der Waals surface area (Å²) in [6.07, 6.45) is 1.39. The van der Waals surface area contributed by atoms with Gasteiger partial charge in [-0.2, -0.15) is 0 Å². The number of rotatable bonds is 4. The largest absolute Gasteiger partial charge is 0.364 e. The molecule has 0 amide bonds. The van der Waals surface area contributed by atoms with Crippen LogP contribution in [-0.2, 0) is 18.4 Å². The SMILES string of the molecule is CC(=O)/C(=C\c1ccc([N+](=O)[O-])cc1)P1(=O)OCC(C)(C)CO1. The average molecular weight is 339 g/mol. The zero-order valence-electron chi connectivity index (χ0n) is 13.1. The maximum absolute atomic E-state index is 12.8. The number of allylic oxidation sites excluding steroid dienone is 1. The first-order chi connectivity index (χ1) is 10.6. The second kappa shape index (κ2) is 6.35. The van der Waals surface area contributed by atoms with Crippen LogP contribution in [0, 0.1) is 15.5 Å². The molecule has 23 heavy (non-hydrogen) atoms. The van der Waals surface area contributed by atoms with E-state index in [2.05, 4.69) is 0 Å². The molecule has 1 aliphatic rings. The smallest absolute Gasteiger partial charge is 0.304 e. The highest BCUT2D eigenvalue weighted by Crippen LogP contribution is 2.60. The van der Waals surface area contributed by atoms with Crippen LogP contribution in [0.25, 0.3) is 6.08 Å². The second-order valence-electron chi connectivity index (χ2n) is 6.14. The number of non-ortho nitro benzene ring substituents is 1. The zero-order chi connectivity index (χ0) is 17.3. The Bertz CT molecular complexity index is 693. The Balaban J connectivity index is 2.33. The molecule has 1 aromatic rings. The molecule has 0 aliphatic carbocycles. The van der Waals surface area contributed by atoms with Crippen molar-refractivity contribution in [1.82, 2.24) is 0 Å². The van der Waals surface area contributed by atoms with Crippen molar-refractivity contribution in [1.29, 1.82) is 0 Å². The number of ketones is 1. The first kappa shape index (κ1) is 17.5. The van der Waals surface area contributed by atoms with E-state index >= 15 is 0 Å². The number of carbonyl (C=O) groups excluding carboxylic acids is 1. The Morgan fingerprint density at radius 3 is 2.22 bits per heavy atom. The molecule has 7 nitrogen and oxygen atoms in total. The molecule has 0 N–H and O–H groups in total. The van der Waals surface area contributed by atoms with E-state index in [0.717, 1.165) is 0 Å². The molecule has 0 unspecified atom stereocenters. The normalized spacial score (nSPS) is 20.0. The predicted octanol–water partition coefficient (Wildman–Crippen LogP) is 3.79. The van der Waals surface area contributed by atoms with Crippen LogP contribution >= 0.6 is 7.60 Å². The van der Waals surface area contributed by atoms with Gasteiger partial charge in [0.2, 0.25) is 0 Å². The van der Waals surface area contributed by atoms with Crippen molar-refractivity contribution in [2.45, 2.75) is 20.8 Å². The third kappa shape index (κ3) is 4.13. The molecule has 1 aliphatic heterocycles. The Morgan fingerprint density at radius 2 is 1.78 bits per heavy atom. The van der Waals surface area contributed by atoms with E-state index in [1.165, 1.54) is 37.3 Å². The molecule has 1 saturated heterocycles. The summed E-state index contributed by atoms with van der Waals surface area (Å²) in [6, 6.07) is 5.57. The fourth-order valence-corrected chi connectivity index (χ4v) is 4.05. The van der Waals surface area contributed by atoms with Crippen LogP contribution in [0.1, 0.15) is 26.3 Å². The molecule has 0 aromatic heterocycles. The van der Waals surface area contributed by atoms with Gasteiger partial charge in [0, 0.05) is 17.5 Å². The van der Waals surface area contributed by atoms with Crippen LogP contribution in [0.5, 0.6) is 0 Å². The van der Waals surface area contributed by atoms with E-state index in [9.17, 15) is 19.5 Å². The van der Waals surface area contributed by atoms with Crippen molar-refractivity contribution < 1.29 is 23.3 Å². The van der Waals surface area contributed by atoms with E-state index in [1.807, 2.05) is 13.8 Å². The lowest BCUT2D eigenvalue weighted by Crippen LogP contribution is -2.30. The summed E-state index contributed by atoms with van der Waals surface area (Å²) in [4.78, 5) is 22.0. The van der Waals surface area contributed by atoms with Gasteiger partial charge in [0.25, 0.3) is 5.69 Å². The number of nitrogens with zero attached hydrogens (tertiary/aromatic N) is 1. The number of Topliss-reactive ketones (excluding diaryl/α,β-unsaturated/α-hetero) is 1. The standard InChI is InChI=1S/C15H18NO6P/c1-11(17)14(23(20)21-9-15(2,3)10-22-23)8-12-4-6-13(7-5-12)16(18)19/h4-8H,9-10H2,1-3H3/b14-8+. The fraction of sp³-hybridized carbons (Fsp3) is 0.400. The van der Waals surface area contributed by atoms with Crippen molar-refractivity contribution in [3.05, 3.63) is 45.3 Å². The molecule has 1 fully saturated rings. The van der Waals surface area contributed by atoms with Gasteiger partial charge in [0.05, 0.1) is 18.1 Å². The Morgan fingerprint density at radius 1 is 1.26 bits per heavy atom. The molecule has 0 atom stereocenters. The molecule has 2 rings (SSSR count). The number of nitro benzene ring substituents is 1. The first-order valence-electron chi connectivity index (χ1n) is 7.00. The van der Waals surface area contributed by atoms with Crippen LogP contribution < -0.4 is 0 Å². The summed E-state index contributed by atoms with van der Waals surface area (Å²) in [6.45, 7) is 5.53. The molecule has 1 heterocycles. The molecule has 124 valence electrons. The van der Waals surface area contributed by atoms with E-state index in [1.54, 1.807) is 0 Å². The van der Waals surface area contributed by atoms with E-state index < -0.39 is 18.3 Å². The topological polar surface area (TPSA) is 95.7 Å². The highest BCUT2D eigenvalue weighted by Gasteiger charge is 2.41. The van der Waals surface area contributed by atoms with Gasteiger partial charge in [0.15, 0.2) is 5.78 Å². The van der Waals surface area contributed by atoms with Gasteiger partial charge >= 0.3 is 7.60 Å². The minimum absolute atomic E-state index is 0.0538. The van der Waals surface area contributed by atoms with Crippen LogP contribution in [0.4, 0.5) is 5.69 Å². The number of benzene rings is 1. The van der Waals surface area contributed by atoms with Crippen molar-refractivity contribution in [2.75, 3.05) is 13.2 Å². The highest BCUT2D eigenvalue weighted by molar-refractivity contribution is 7.60. The van der Waals surface area contributed by atoms with E-state index in [0.29, 0.717) is 5.56 Å². The van der Waals surface area contributed by atoms with Gasteiger partial charge in [-0.3, -0.25) is 19.5 Å². The monoisotopic (exact) mass is 339 g/mol. The summed E-state index contributed by atoms with van der Waals surface area (Å²) < 4.78 is 23.5. The molecule has 0 radical (unpaired) electrons. The molecule has 0 bridgehead atoms. The maximum atomic E-state index is 12.8. The first-order valence-corrected chi connectivity index (χ1v) is 8.54. The zero-order valence-corrected chi connectivity index (χ0v) is 14.0. The molecule has 8 heteroatoms. The van der Waals surface area contributed by atoms with Crippen LogP contribution in [0.2, 0.25) is 0 Å². The molecule has 0 spiro atoms. The summed E-state index contributed by atoms with van der Waals surface area (Å²) in [5.74, 6) is -0.425. The fourth-order valence-electron chi connectivity index (χ4n) is 1.96. The molecule has 0 saturated carbocycles. The van der Waals surface area contributed by atoms with E-state index in [-0.39, 0.29) is 29.6 Å². The Kier molecular flexibility index (Phi) is 4.84. The van der Waals surface area contributed by atoms with Gasteiger partial charge in [-0.15, -0.1) is 0 Å². The van der Waals surface area contributed by atoms with E-state index in [4.69, 9.17) is 9.05 Å². The predicted molar refractivity (Wildman–Crippen MR) is 85.0 cm³/mol. The van der Waals surface area contributed by atoms with Crippen molar-refractivity contribution in [3.8, 4) is 0 Å². The number of hydrogen-bond acceptors (Lipinski definition) is 6. The van der Waals surface area contributed by atoms with Gasteiger partial charge in [-0.05, 0) is 30.7 Å². The van der Waals surface area contributed by atoms with Gasteiger partial charge in [-0.1, -0.05) is 13.8 Å². The summed E-state index contributed by atoms with van der Waals surface area (Å²) in [7, 11) is -3.68. The van der Waals surface area contributed by atoms with Gasteiger partial charge < -0.3 is 9.05 Å². The second-order valence-corrected chi connectivity index (χ2v) is 8.14. The van der Waals surface area contributed by atoms with Crippen LogP contribution in [0.3, 0.4) is 0 Å². The van der Waals surface area contributed by atoms with Crippen molar-refractivity contribution in [2.24, 2.45) is 5.41 Å². The summed E-state index contributed by atoms with van der Waals surface area (Å²) in [5.41, 5.74) is 0.168. The van der Waals surface area contributed by atoms with Crippen LogP contribution in [0.15, 0.2) is 29.6 Å². The molecular weight excluding hydrogens is 321 g/mol. The van der Waals surface area contributed by atoms with Gasteiger partial charge in [0.1, 0.15) is 5.31 Å². The Labute approximate surface area is 134 Å². The van der Waals surface area contributed by atoms with Crippen molar-refractivity contribution >= 4 is 25.1 Å².